The van der Waals surface area contributed by atoms with Crippen LogP contribution in [0.2, 0.25) is 5.15 Å². The van der Waals surface area contributed by atoms with Crippen LogP contribution >= 0.6 is 43.5 Å². The SMILES string of the molecule is CCCCc1nc(Cl)c(CNc2c(Br)cccc2Br)[nH]1. The van der Waals surface area contributed by atoms with Crippen LogP contribution in [-0.4, -0.2) is 9.97 Å². The predicted octanol–water partition coefficient (Wildman–Crippen LogP) is 5.54. The van der Waals surface area contributed by atoms with Gasteiger partial charge in [-0.1, -0.05) is 31.0 Å². The number of nitrogens with one attached hydrogen (secondary N) is 2. The number of unbranched alkanes of at least 4 members (excludes halogenated alkanes) is 1. The first-order valence-corrected chi connectivity index (χ1v) is 8.49. The molecule has 6 heteroatoms. The number of H-pyrrole nitrogens is 1. The van der Waals surface area contributed by atoms with Gasteiger partial charge in [0.2, 0.25) is 0 Å². The van der Waals surface area contributed by atoms with Gasteiger partial charge in [0.1, 0.15) is 5.82 Å². The number of aromatic nitrogens is 2. The van der Waals surface area contributed by atoms with Gasteiger partial charge in [0.05, 0.1) is 17.9 Å². The molecule has 1 aromatic carbocycles. The van der Waals surface area contributed by atoms with Gasteiger partial charge in [-0.3, -0.25) is 0 Å². The highest BCUT2D eigenvalue weighted by molar-refractivity contribution is 9.11. The zero-order valence-corrected chi connectivity index (χ0v) is 15.1. The molecular weight excluding hydrogens is 405 g/mol. The first-order chi connectivity index (χ1) is 9.61. The van der Waals surface area contributed by atoms with Crippen LogP contribution < -0.4 is 5.32 Å². The Morgan fingerprint density at radius 2 is 2.00 bits per heavy atom. The highest BCUT2D eigenvalue weighted by Crippen LogP contribution is 2.31. The second-order valence-electron chi connectivity index (χ2n) is 4.51. The van der Waals surface area contributed by atoms with Gasteiger partial charge in [-0.2, -0.15) is 0 Å². The van der Waals surface area contributed by atoms with Gasteiger partial charge in [0.25, 0.3) is 0 Å². The molecule has 0 spiro atoms. The lowest BCUT2D eigenvalue weighted by Gasteiger charge is -2.09. The number of para-hydroxylation sites is 1. The first-order valence-electron chi connectivity index (χ1n) is 6.53. The Morgan fingerprint density at radius 1 is 1.30 bits per heavy atom. The van der Waals surface area contributed by atoms with Gasteiger partial charge in [0, 0.05) is 15.4 Å². The second kappa shape index (κ2) is 7.48. The molecule has 0 aliphatic rings. The van der Waals surface area contributed by atoms with E-state index in [0.717, 1.165) is 45.4 Å². The molecule has 1 aromatic heterocycles. The van der Waals surface area contributed by atoms with E-state index in [-0.39, 0.29) is 0 Å². The van der Waals surface area contributed by atoms with E-state index in [1.54, 1.807) is 0 Å². The third-order valence-electron chi connectivity index (χ3n) is 2.95. The summed E-state index contributed by atoms with van der Waals surface area (Å²) in [6.45, 7) is 2.77. The van der Waals surface area contributed by atoms with Crippen molar-refractivity contribution >= 4 is 49.1 Å². The van der Waals surface area contributed by atoms with E-state index in [1.807, 2.05) is 18.2 Å². The van der Waals surface area contributed by atoms with Crippen LogP contribution in [0.25, 0.3) is 0 Å². The van der Waals surface area contributed by atoms with E-state index in [4.69, 9.17) is 11.6 Å². The minimum absolute atomic E-state index is 0.548. The van der Waals surface area contributed by atoms with Crippen LogP contribution in [0.1, 0.15) is 31.3 Å². The molecule has 0 fully saturated rings. The van der Waals surface area contributed by atoms with E-state index < -0.39 is 0 Å². The van der Waals surface area contributed by atoms with E-state index in [1.165, 1.54) is 0 Å². The summed E-state index contributed by atoms with van der Waals surface area (Å²) in [4.78, 5) is 7.64. The number of imidazole rings is 1. The summed E-state index contributed by atoms with van der Waals surface area (Å²) < 4.78 is 2.02. The molecule has 0 atom stereocenters. The molecule has 3 nitrogen and oxygen atoms in total. The second-order valence-corrected chi connectivity index (χ2v) is 6.57. The number of aryl methyl sites for hydroxylation is 1. The normalized spacial score (nSPS) is 10.8. The lowest BCUT2D eigenvalue weighted by molar-refractivity contribution is 0.760. The summed E-state index contributed by atoms with van der Waals surface area (Å²) in [6.07, 6.45) is 3.21. The van der Waals surface area contributed by atoms with Crippen LogP contribution in [0.4, 0.5) is 5.69 Å². The van der Waals surface area contributed by atoms with Crippen LogP contribution in [0.5, 0.6) is 0 Å². The first kappa shape index (κ1) is 15.9. The lowest BCUT2D eigenvalue weighted by Crippen LogP contribution is -2.02. The molecule has 0 aliphatic carbocycles. The molecule has 2 N–H and O–H groups in total. The summed E-state index contributed by atoms with van der Waals surface area (Å²) in [5.41, 5.74) is 1.92. The lowest BCUT2D eigenvalue weighted by atomic mass is 10.2. The van der Waals surface area contributed by atoms with Crippen molar-refractivity contribution in [2.45, 2.75) is 32.7 Å². The number of benzene rings is 1. The Hall–Kier alpha value is -0.520. The Labute approximate surface area is 140 Å². The number of halogens is 3. The topological polar surface area (TPSA) is 40.7 Å². The minimum Gasteiger partial charge on any atom is -0.378 e. The monoisotopic (exact) mass is 419 g/mol. The maximum absolute atomic E-state index is 6.16. The number of rotatable bonds is 6. The van der Waals surface area contributed by atoms with Crippen molar-refractivity contribution in [3.8, 4) is 0 Å². The number of anilines is 1. The van der Waals surface area contributed by atoms with Gasteiger partial charge in [-0.15, -0.1) is 0 Å². The maximum Gasteiger partial charge on any atom is 0.152 e. The van der Waals surface area contributed by atoms with Crippen molar-refractivity contribution in [2.75, 3.05) is 5.32 Å². The number of aromatic amines is 1. The standard InChI is InChI=1S/C14H16Br2ClN3/c1-2-3-7-12-19-11(14(17)20-12)8-18-13-9(15)5-4-6-10(13)16/h4-6,18H,2-3,7-8H2,1H3,(H,19,20). The van der Waals surface area contributed by atoms with Crippen molar-refractivity contribution < 1.29 is 0 Å². The van der Waals surface area contributed by atoms with Gasteiger partial charge in [0.15, 0.2) is 5.15 Å². The highest BCUT2D eigenvalue weighted by Gasteiger charge is 2.10. The number of nitrogens with zero attached hydrogens (tertiary/aromatic N) is 1. The molecule has 0 unspecified atom stereocenters. The molecule has 0 radical (unpaired) electrons. The molecule has 0 saturated heterocycles. The fourth-order valence-corrected chi connectivity index (χ4v) is 3.36. The summed E-state index contributed by atoms with van der Waals surface area (Å²) in [6, 6.07) is 5.97. The Kier molecular flexibility index (Phi) is 5.93. The van der Waals surface area contributed by atoms with Crippen LogP contribution in [-0.2, 0) is 13.0 Å². The van der Waals surface area contributed by atoms with Crippen molar-refractivity contribution in [1.82, 2.24) is 9.97 Å². The highest BCUT2D eigenvalue weighted by atomic mass is 79.9. The van der Waals surface area contributed by atoms with Crippen LogP contribution in [0.15, 0.2) is 27.1 Å². The molecule has 2 aromatic rings. The summed E-state index contributed by atoms with van der Waals surface area (Å²) in [7, 11) is 0. The van der Waals surface area contributed by atoms with E-state index in [0.29, 0.717) is 11.7 Å². The molecule has 0 saturated carbocycles. The Balaban J connectivity index is 2.05. The summed E-state index contributed by atoms with van der Waals surface area (Å²) in [5.74, 6) is 0.958. The van der Waals surface area contributed by atoms with Gasteiger partial charge < -0.3 is 10.3 Å². The van der Waals surface area contributed by atoms with Gasteiger partial charge in [-0.25, -0.2) is 4.98 Å². The zero-order chi connectivity index (χ0) is 14.5. The average Bonchev–Trinajstić information content (AvgIpc) is 2.76. The molecule has 2 rings (SSSR count). The number of hydrogen-bond acceptors (Lipinski definition) is 2. The quantitative estimate of drug-likeness (QED) is 0.643. The van der Waals surface area contributed by atoms with E-state index in [9.17, 15) is 0 Å². The molecule has 0 amide bonds. The summed E-state index contributed by atoms with van der Waals surface area (Å²) >= 11 is 13.2. The Bertz CT molecular complexity index is 564. The van der Waals surface area contributed by atoms with Crippen LogP contribution in [0, 0.1) is 0 Å². The smallest absolute Gasteiger partial charge is 0.152 e. The molecule has 1 heterocycles. The Morgan fingerprint density at radius 3 is 2.65 bits per heavy atom. The van der Waals surface area contributed by atoms with Crippen molar-refractivity contribution in [2.24, 2.45) is 0 Å². The molecule has 0 bridgehead atoms. The molecule has 20 heavy (non-hydrogen) atoms. The fraction of sp³-hybridized carbons (Fsp3) is 0.357. The predicted molar refractivity (Wildman–Crippen MR) is 91.4 cm³/mol. The van der Waals surface area contributed by atoms with Crippen molar-refractivity contribution in [3.63, 3.8) is 0 Å². The third-order valence-corrected chi connectivity index (χ3v) is 4.58. The fourth-order valence-electron chi connectivity index (χ4n) is 1.86. The van der Waals surface area contributed by atoms with Crippen molar-refractivity contribution in [3.05, 3.63) is 43.8 Å². The minimum atomic E-state index is 0.548. The largest absolute Gasteiger partial charge is 0.378 e. The summed E-state index contributed by atoms with van der Waals surface area (Å²) in [5, 5.41) is 3.91. The third kappa shape index (κ3) is 3.99. The molecular formula is C14H16Br2ClN3. The number of hydrogen-bond donors (Lipinski definition) is 2. The zero-order valence-electron chi connectivity index (χ0n) is 11.1. The van der Waals surface area contributed by atoms with Gasteiger partial charge in [-0.05, 0) is 50.4 Å². The molecule has 0 aliphatic heterocycles. The van der Waals surface area contributed by atoms with Gasteiger partial charge >= 0.3 is 0 Å². The van der Waals surface area contributed by atoms with E-state index >= 15 is 0 Å². The maximum atomic E-state index is 6.16. The van der Waals surface area contributed by atoms with Crippen LogP contribution in [0.3, 0.4) is 0 Å². The van der Waals surface area contributed by atoms with E-state index in [2.05, 4.69) is 54.1 Å². The average molecular weight is 422 g/mol. The molecule has 108 valence electrons. The van der Waals surface area contributed by atoms with Crippen molar-refractivity contribution in [1.29, 1.82) is 0 Å².